The van der Waals surface area contributed by atoms with Crippen LogP contribution in [-0.4, -0.2) is 16.8 Å². The van der Waals surface area contributed by atoms with Gasteiger partial charge in [-0.2, -0.15) is 0 Å². The molecule has 0 aliphatic rings. The van der Waals surface area contributed by atoms with E-state index in [4.69, 9.17) is 0 Å². The number of hydrogen-bond acceptors (Lipinski definition) is 1. The van der Waals surface area contributed by atoms with Gasteiger partial charge in [-0.25, -0.2) is 0 Å². The first-order chi connectivity index (χ1) is 9.58. The summed E-state index contributed by atoms with van der Waals surface area (Å²) < 4.78 is 0. The molecule has 0 rings (SSSR count). The summed E-state index contributed by atoms with van der Waals surface area (Å²) in [6, 6.07) is 0. The second-order valence-corrected chi connectivity index (χ2v) is 6.74. The molecule has 3 heteroatoms. The summed E-state index contributed by atoms with van der Waals surface area (Å²) in [6.45, 7) is 6.46. The molecule has 0 aromatic rings. The lowest BCUT2D eigenvalue weighted by Gasteiger charge is -2.27. The lowest BCUT2D eigenvalue weighted by molar-refractivity contribution is -0.122. The van der Waals surface area contributed by atoms with Crippen LogP contribution in [0.1, 0.15) is 91.4 Å². The molecule has 1 N–H and O–H groups in total. The predicted octanol–water partition coefficient (Wildman–Crippen LogP) is 5.59. The Kier molecular flexibility index (Phi) is 12.6. The predicted molar refractivity (Wildman–Crippen MR) is 92.5 cm³/mol. The van der Waals surface area contributed by atoms with Crippen molar-refractivity contribution in [2.24, 2.45) is 0 Å². The molecule has 1 unspecified atom stereocenters. The number of amides is 1. The Labute approximate surface area is 134 Å². The highest BCUT2D eigenvalue weighted by Crippen LogP contribution is 2.14. The minimum atomic E-state index is -0.0869. The van der Waals surface area contributed by atoms with Crippen molar-refractivity contribution in [3.63, 3.8) is 0 Å². The quantitative estimate of drug-likeness (QED) is 0.341. The first kappa shape index (κ1) is 19.9. The van der Waals surface area contributed by atoms with Crippen molar-refractivity contribution in [3.05, 3.63) is 0 Å². The maximum absolute atomic E-state index is 11.9. The Bertz CT molecular complexity index is 239. The Morgan fingerprint density at radius 2 is 1.45 bits per heavy atom. The zero-order valence-corrected chi connectivity index (χ0v) is 15.4. The van der Waals surface area contributed by atoms with E-state index >= 15 is 0 Å². The fourth-order valence-electron chi connectivity index (χ4n) is 2.21. The third-order valence-electron chi connectivity index (χ3n) is 4.02. The van der Waals surface area contributed by atoms with Gasteiger partial charge >= 0.3 is 0 Å². The fraction of sp³-hybridized carbons (Fsp3) is 0.941. The SMILES string of the molecule is CCCCCCCCCCCC(=O)NC(C)(CC)CBr. The third-order valence-corrected chi connectivity index (χ3v) is 5.26. The molecule has 0 fully saturated rings. The van der Waals surface area contributed by atoms with E-state index in [0.29, 0.717) is 6.42 Å². The Hall–Kier alpha value is -0.0500. The van der Waals surface area contributed by atoms with Gasteiger partial charge in [-0.15, -0.1) is 0 Å². The van der Waals surface area contributed by atoms with Crippen molar-refractivity contribution in [2.45, 2.75) is 96.9 Å². The molecule has 0 heterocycles. The maximum Gasteiger partial charge on any atom is 0.220 e. The van der Waals surface area contributed by atoms with Gasteiger partial charge in [0.05, 0.1) is 0 Å². The van der Waals surface area contributed by atoms with Crippen LogP contribution in [0, 0.1) is 0 Å². The number of hydrogen-bond donors (Lipinski definition) is 1. The first-order valence-electron chi connectivity index (χ1n) is 8.45. The van der Waals surface area contributed by atoms with Gasteiger partial charge in [-0.1, -0.05) is 81.1 Å². The van der Waals surface area contributed by atoms with Crippen LogP contribution in [0.3, 0.4) is 0 Å². The standard InChI is InChI=1S/C17H34BrNO/c1-4-6-7-8-9-10-11-12-13-14-16(20)19-17(3,5-2)15-18/h4-15H2,1-3H3,(H,19,20). The van der Waals surface area contributed by atoms with E-state index in [1.807, 2.05) is 0 Å². The third kappa shape index (κ3) is 10.7. The highest BCUT2D eigenvalue weighted by atomic mass is 79.9. The zero-order chi connectivity index (χ0) is 15.3. The molecule has 0 aromatic heterocycles. The lowest BCUT2D eigenvalue weighted by Crippen LogP contribution is -2.46. The van der Waals surface area contributed by atoms with Crippen molar-refractivity contribution in [1.82, 2.24) is 5.32 Å². The number of alkyl halides is 1. The lowest BCUT2D eigenvalue weighted by atomic mass is 10.0. The first-order valence-corrected chi connectivity index (χ1v) is 9.57. The minimum Gasteiger partial charge on any atom is -0.350 e. The number of rotatable bonds is 13. The Balaban J connectivity index is 3.44. The van der Waals surface area contributed by atoms with Gasteiger partial charge < -0.3 is 5.32 Å². The molecule has 0 saturated carbocycles. The molecular formula is C17H34BrNO. The van der Waals surface area contributed by atoms with Crippen LogP contribution in [0.4, 0.5) is 0 Å². The van der Waals surface area contributed by atoms with Crippen molar-refractivity contribution < 1.29 is 4.79 Å². The molecule has 0 saturated heterocycles. The number of halogens is 1. The van der Waals surface area contributed by atoms with Gasteiger partial charge in [-0.05, 0) is 19.8 Å². The maximum atomic E-state index is 11.9. The summed E-state index contributed by atoms with van der Waals surface area (Å²) >= 11 is 3.47. The molecule has 0 aliphatic carbocycles. The Morgan fingerprint density at radius 1 is 0.950 bits per heavy atom. The molecule has 20 heavy (non-hydrogen) atoms. The average Bonchev–Trinajstić information content (AvgIpc) is 2.45. The highest BCUT2D eigenvalue weighted by Gasteiger charge is 2.22. The van der Waals surface area contributed by atoms with E-state index in [1.165, 1.54) is 51.4 Å². The molecule has 120 valence electrons. The average molecular weight is 348 g/mol. The number of carbonyl (C=O) groups excluding carboxylic acids is 1. The molecule has 0 bridgehead atoms. The van der Waals surface area contributed by atoms with E-state index in [-0.39, 0.29) is 11.4 Å². The van der Waals surface area contributed by atoms with Crippen LogP contribution < -0.4 is 5.32 Å². The number of unbranched alkanes of at least 4 members (excludes halogenated alkanes) is 8. The zero-order valence-electron chi connectivity index (χ0n) is 13.8. The molecule has 2 nitrogen and oxygen atoms in total. The van der Waals surface area contributed by atoms with Crippen molar-refractivity contribution >= 4 is 21.8 Å². The van der Waals surface area contributed by atoms with E-state index in [9.17, 15) is 4.79 Å². The summed E-state index contributed by atoms with van der Waals surface area (Å²) in [7, 11) is 0. The van der Waals surface area contributed by atoms with Crippen LogP contribution in [-0.2, 0) is 4.79 Å². The van der Waals surface area contributed by atoms with Gasteiger partial charge in [0.2, 0.25) is 5.91 Å². The van der Waals surface area contributed by atoms with Crippen LogP contribution in [0.15, 0.2) is 0 Å². The molecular weight excluding hydrogens is 314 g/mol. The van der Waals surface area contributed by atoms with Crippen LogP contribution in [0.2, 0.25) is 0 Å². The van der Waals surface area contributed by atoms with Gasteiger partial charge in [0.1, 0.15) is 0 Å². The Morgan fingerprint density at radius 3 is 1.90 bits per heavy atom. The second kappa shape index (κ2) is 12.7. The summed E-state index contributed by atoms with van der Waals surface area (Å²) in [5, 5.41) is 3.95. The van der Waals surface area contributed by atoms with Crippen LogP contribution in [0.25, 0.3) is 0 Å². The topological polar surface area (TPSA) is 29.1 Å². The second-order valence-electron chi connectivity index (χ2n) is 6.17. The highest BCUT2D eigenvalue weighted by molar-refractivity contribution is 9.09. The van der Waals surface area contributed by atoms with E-state index < -0.39 is 0 Å². The summed E-state index contributed by atoms with van der Waals surface area (Å²) in [5.74, 6) is 0.205. The van der Waals surface area contributed by atoms with E-state index in [1.54, 1.807) is 0 Å². The van der Waals surface area contributed by atoms with Crippen molar-refractivity contribution in [3.8, 4) is 0 Å². The van der Waals surface area contributed by atoms with E-state index in [0.717, 1.165) is 18.2 Å². The molecule has 0 aliphatic heterocycles. The van der Waals surface area contributed by atoms with Gasteiger partial charge in [0, 0.05) is 17.3 Å². The smallest absolute Gasteiger partial charge is 0.220 e. The van der Waals surface area contributed by atoms with Crippen LogP contribution >= 0.6 is 15.9 Å². The monoisotopic (exact) mass is 347 g/mol. The van der Waals surface area contributed by atoms with Gasteiger partial charge in [0.25, 0.3) is 0 Å². The number of nitrogens with one attached hydrogen (secondary N) is 1. The fourth-order valence-corrected chi connectivity index (χ4v) is 2.75. The molecule has 0 spiro atoms. The number of carbonyl (C=O) groups is 1. The van der Waals surface area contributed by atoms with Crippen molar-refractivity contribution in [2.75, 3.05) is 5.33 Å². The van der Waals surface area contributed by atoms with E-state index in [2.05, 4.69) is 42.0 Å². The summed E-state index contributed by atoms with van der Waals surface area (Å²) in [5.41, 5.74) is -0.0869. The molecule has 0 radical (unpaired) electrons. The normalized spacial score (nSPS) is 14.0. The largest absolute Gasteiger partial charge is 0.350 e. The molecule has 0 aromatic carbocycles. The van der Waals surface area contributed by atoms with Crippen LogP contribution in [0.5, 0.6) is 0 Å². The summed E-state index contributed by atoms with van der Waals surface area (Å²) in [6.07, 6.45) is 13.3. The van der Waals surface area contributed by atoms with Crippen molar-refractivity contribution in [1.29, 1.82) is 0 Å². The minimum absolute atomic E-state index is 0.0869. The van der Waals surface area contributed by atoms with Gasteiger partial charge in [0.15, 0.2) is 0 Å². The molecule has 1 amide bonds. The van der Waals surface area contributed by atoms with Gasteiger partial charge in [-0.3, -0.25) is 4.79 Å². The summed E-state index contributed by atoms with van der Waals surface area (Å²) in [4.78, 5) is 11.9. The molecule has 1 atom stereocenters.